The van der Waals surface area contributed by atoms with Crippen LogP contribution in [0.5, 0.6) is 0 Å². The summed E-state index contributed by atoms with van der Waals surface area (Å²) in [6.45, 7) is 2.01. The normalized spacial score (nSPS) is 17.8. The van der Waals surface area contributed by atoms with Gasteiger partial charge in [0, 0.05) is 31.2 Å². The highest BCUT2D eigenvalue weighted by Crippen LogP contribution is 2.36. The fourth-order valence-electron chi connectivity index (χ4n) is 3.31. The maximum Gasteiger partial charge on any atom is 0.417 e. The Balaban J connectivity index is 1.73. The third kappa shape index (κ3) is 3.24. The maximum atomic E-state index is 12.6. The van der Waals surface area contributed by atoms with Crippen molar-refractivity contribution in [3.8, 4) is 0 Å². The van der Waals surface area contributed by atoms with E-state index in [1.807, 2.05) is 23.1 Å². The molecule has 1 saturated heterocycles. The molecule has 0 amide bonds. The van der Waals surface area contributed by atoms with Crippen molar-refractivity contribution < 1.29 is 13.2 Å². The summed E-state index contributed by atoms with van der Waals surface area (Å²) < 4.78 is 37.9. The largest absolute Gasteiger partial charge is 0.417 e. The smallest absolute Gasteiger partial charge is 0.357 e. The van der Waals surface area contributed by atoms with Crippen LogP contribution in [0, 0.1) is 0 Å². The van der Waals surface area contributed by atoms with Crippen molar-refractivity contribution in [2.75, 3.05) is 24.5 Å². The van der Waals surface area contributed by atoms with Crippen LogP contribution < -0.4 is 10.6 Å². The van der Waals surface area contributed by atoms with Crippen LogP contribution in [0.15, 0.2) is 48.7 Å². The number of halogens is 3. The Morgan fingerprint density at radius 3 is 2.21 bits per heavy atom. The molecule has 2 heterocycles. The monoisotopic (exact) mass is 335 g/mol. The minimum Gasteiger partial charge on any atom is -0.357 e. The lowest BCUT2D eigenvalue weighted by Crippen LogP contribution is -2.47. The van der Waals surface area contributed by atoms with Gasteiger partial charge in [-0.3, -0.25) is 0 Å². The summed E-state index contributed by atoms with van der Waals surface area (Å²) in [5, 5.41) is 0. The second-order valence-electron chi connectivity index (χ2n) is 6.24. The minimum atomic E-state index is -4.35. The molecule has 2 aromatic rings. The molecule has 0 saturated carbocycles. The van der Waals surface area contributed by atoms with Crippen LogP contribution in [0.3, 0.4) is 0 Å². The lowest BCUT2D eigenvalue weighted by Gasteiger charge is -2.42. The Hall–Kier alpha value is -2.08. The number of benzene rings is 1. The molecule has 24 heavy (non-hydrogen) atoms. The third-order valence-electron chi connectivity index (χ3n) is 4.90. The summed E-state index contributed by atoms with van der Waals surface area (Å²) in [5.41, 5.74) is 6.51. The molecule has 3 rings (SSSR count). The van der Waals surface area contributed by atoms with Crippen LogP contribution in [0.25, 0.3) is 0 Å². The lowest BCUT2D eigenvalue weighted by molar-refractivity contribution is -0.137. The highest BCUT2D eigenvalue weighted by molar-refractivity contribution is 5.42. The lowest BCUT2D eigenvalue weighted by atomic mass is 9.73. The van der Waals surface area contributed by atoms with Gasteiger partial charge in [-0.2, -0.15) is 13.2 Å². The van der Waals surface area contributed by atoms with Crippen LogP contribution in [-0.4, -0.2) is 24.6 Å². The molecule has 0 bridgehead atoms. The van der Waals surface area contributed by atoms with Crippen LogP contribution in [0.2, 0.25) is 0 Å². The number of nitrogens with zero attached hydrogens (tertiary/aromatic N) is 2. The number of hydrogen-bond acceptors (Lipinski definition) is 3. The van der Waals surface area contributed by atoms with Crippen LogP contribution >= 0.6 is 0 Å². The van der Waals surface area contributed by atoms with Crippen molar-refractivity contribution in [3.63, 3.8) is 0 Å². The molecule has 6 heteroatoms. The van der Waals surface area contributed by atoms with E-state index in [0.29, 0.717) is 12.4 Å². The molecule has 0 unspecified atom stereocenters. The first-order chi connectivity index (χ1) is 11.4. The molecule has 0 aliphatic carbocycles. The molecular weight excluding hydrogens is 315 g/mol. The van der Waals surface area contributed by atoms with Crippen molar-refractivity contribution in [3.05, 3.63) is 59.8 Å². The average Bonchev–Trinajstić information content (AvgIpc) is 2.62. The molecule has 1 aliphatic heterocycles. The molecule has 3 nitrogen and oxygen atoms in total. The molecule has 1 fully saturated rings. The van der Waals surface area contributed by atoms with Gasteiger partial charge in [-0.05, 0) is 30.5 Å². The van der Waals surface area contributed by atoms with E-state index >= 15 is 0 Å². The molecular formula is C18H20F3N3. The number of nitrogens with two attached hydrogens (primary N) is 1. The van der Waals surface area contributed by atoms with Gasteiger partial charge in [0.1, 0.15) is 5.82 Å². The minimum absolute atomic E-state index is 0.0658. The van der Waals surface area contributed by atoms with Gasteiger partial charge < -0.3 is 10.6 Å². The third-order valence-corrected chi connectivity index (χ3v) is 4.90. The van der Waals surface area contributed by atoms with Gasteiger partial charge in [0.25, 0.3) is 0 Å². The van der Waals surface area contributed by atoms with Gasteiger partial charge in [-0.25, -0.2) is 4.98 Å². The van der Waals surface area contributed by atoms with E-state index in [4.69, 9.17) is 5.73 Å². The molecule has 2 N–H and O–H groups in total. The number of alkyl halides is 3. The molecule has 0 spiro atoms. The van der Waals surface area contributed by atoms with E-state index in [9.17, 15) is 13.2 Å². The van der Waals surface area contributed by atoms with Gasteiger partial charge in [0.05, 0.1) is 5.56 Å². The fourth-order valence-corrected chi connectivity index (χ4v) is 3.31. The molecule has 1 aromatic heterocycles. The summed E-state index contributed by atoms with van der Waals surface area (Å²) >= 11 is 0. The van der Waals surface area contributed by atoms with Gasteiger partial charge >= 0.3 is 6.18 Å². The zero-order chi connectivity index (χ0) is 17.2. The van der Waals surface area contributed by atoms with E-state index < -0.39 is 11.7 Å². The number of anilines is 1. The number of piperidine rings is 1. The van der Waals surface area contributed by atoms with E-state index in [0.717, 1.165) is 38.2 Å². The van der Waals surface area contributed by atoms with Crippen LogP contribution in [0.4, 0.5) is 19.0 Å². The van der Waals surface area contributed by atoms with Gasteiger partial charge in [-0.15, -0.1) is 0 Å². The van der Waals surface area contributed by atoms with E-state index in [2.05, 4.69) is 17.1 Å². The number of hydrogen-bond donors (Lipinski definition) is 1. The van der Waals surface area contributed by atoms with Crippen molar-refractivity contribution in [2.24, 2.45) is 5.73 Å². The molecule has 1 aliphatic rings. The first-order valence-corrected chi connectivity index (χ1v) is 7.98. The van der Waals surface area contributed by atoms with E-state index in [1.165, 1.54) is 11.6 Å². The number of aromatic nitrogens is 1. The summed E-state index contributed by atoms with van der Waals surface area (Å²) in [4.78, 5) is 6.01. The van der Waals surface area contributed by atoms with Crippen molar-refractivity contribution in [1.29, 1.82) is 0 Å². The second kappa shape index (κ2) is 6.43. The molecule has 1 aromatic carbocycles. The summed E-state index contributed by atoms with van der Waals surface area (Å²) in [5.74, 6) is 0.585. The fraction of sp³-hybridized carbons (Fsp3) is 0.389. The highest BCUT2D eigenvalue weighted by atomic mass is 19.4. The van der Waals surface area contributed by atoms with Gasteiger partial charge in [0.15, 0.2) is 0 Å². The molecule has 128 valence electrons. The van der Waals surface area contributed by atoms with Crippen molar-refractivity contribution in [2.45, 2.75) is 24.4 Å². The Bertz CT molecular complexity index is 660. The predicted octanol–water partition coefficient (Wildman–Crippen LogP) is 3.60. The Morgan fingerprint density at radius 2 is 1.71 bits per heavy atom. The Morgan fingerprint density at radius 1 is 1.04 bits per heavy atom. The Kier molecular flexibility index (Phi) is 4.49. The average molecular weight is 335 g/mol. The van der Waals surface area contributed by atoms with Gasteiger partial charge in [0.2, 0.25) is 0 Å². The van der Waals surface area contributed by atoms with Crippen molar-refractivity contribution >= 4 is 5.82 Å². The summed E-state index contributed by atoms with van der Waals surface area (Å²) in [6, 6.07) is 12.7. The zero-order valence-corrected chi connectivity index (χ0v) is 13.3. The highest BCUT2D eigenvalue weighted by Gasteiger charge is 2.36. The van der Waals surface area contributed by atoms with Gasteiger partial charge in [-0.1, -0.05) is 30.3 Å². The van der Waals surface area contributed by atoms with Crippen molar-refractivity contribution in [1.82, 2.24) is 4.98 Å². The van der Waals surface area contributed by atoms with Crippen LogP contribution in [-0.2, 0) is 11.6 Å². The maximum absolute atomic E-state index is 12.6. The standard InChI is InChI=1S/C18H20F3N3/c19-18(20,21)15-6-7-16(23-12-15)24-10-8-17(13-22,9-11-24)14-4-2-1-3-5-14/h1-7,12H,8-11,13,22H2. The first kappa shape index (κ1) is 16.8. The second-order valence-corrected chi connectivity index (χ2v) is 6.24. The first-order valence-electron chi connectivity index (χ1n) is 7.98. The molecule has 0 atom stereocenters. The summed E-state index contributed by atoms with van der Waals surface area (Å²) in [7, 11) is 0. The quantitative estimate of drug-likeness (QED) is 0.932. The predicted molar refractivity (Wildman–Crippen MR) is 87.9 cm³/mol. The zero-order valence-electron chi connectivity index (χ0n) is 13.3. The number of pyridine rings is 1. The topological polar surface area (TPSA) is 42.1 Å². The SMILES string of the molecule is NCC1(c2ccccc2)CCN(c2ccc(C(F)(F)F)cn2)CC1. The van der Waals surface area contributed by atoms with Crippen LogP contribution in [0.1, 0.15) is 24.0 Å². The van der Waals surface area contributed by atoms with E-state index in [-0.39, 0.29) is 5.41 Å². The van der Waals surface area contributed by atoms with E-state index in [1.54, 1.807) is 0 Å². The Labute approximate surface area is 139 Å². The molecule has 0 radical (unpaired) electrons. The summed E-state index contributed by atoms with van der Waals surface area (Å²) in [6.07, 6.45) is -1.74. The number of rotatable bonds is 3.